The van der Waals surface area contributed by atoms with Crippen molar-refractivity contribution >= 4 is 6.29 Å². The Balaban J connectivity index is 1.93. The lowest BCUT2D eigenvalue weighted by atomic mass is 10.1. The van der Waals surface area contributed by atoms with E-state index in [0.29, 0.717) is 18.6 Å². The number of aldehydes is 1. The molecule has 1 aromatic rings. The van der Waals surface area contributed by atoms with Crippen molar-refractivity contribution < 1.29 is 18.7 Å². The molecule has 0 aromatic heterocycles. The highest BCUT2D eigenvalue weighted by atomic mass is 19.1. The SMILES string of the molecule is O=Cc1cc(F)cc(OCC2CCCCO2)c1. The molecule has 0 N–H and O–H groups in total. The van der Waals surface area contributed by atoms with E-state index in [2.05, 4.69) is 0 Å². The molecule has 0 bridgehead atoms. The first-order valence-electron chi connectivity index (χ1n) is 5.78. The van der Waals surface area contributed by atoms with Crippen LogP contribution < -0.4 is 4.74 Å². The second kappa shape index (κ2) is 5.77. The van der Waals surface area contributed by atoms with Crippen LogP contribution >= 0.6 is 0 Å². The maximum atomic E-state index is 13.1. The van der Waals surface area contributed by atoms with Gasteiger partial charge in [-0.3, -0.25) is 4.79 Å². The summed E-state index contributed by atoms with van der Waals surface area (Å²) in [5.74, 6) is -0.0876. The van der Waals surface area contributed by atoms with Crippen LogP contribution in [0, 0.1) is 5.82 Å². The third-order valence-electron chi connectivity index (χ3n) is 2.74. The standard InChI is InChI=1S/C13H15FO3/c14-11-5-10(8-15)6-13(7-11)17-9-12-3-1-2-4-16-12/h5-8,12H,1-4,9H2. The van der Waals surface area contributed by atoms with Gasteiger partial charge in [-0.1, -0.05) is 0 Å². The molecule has 1 saturated heterocycles. The monoisotopic (exact) mass is 238 g/mol. The van der Waals surface area contributed by atoms with Crippen LogP contribution in [0.15, 0.2) is 18.2 Å². The van der Waals surface area contributed by atoms with E-state index in [9.17, 15) is 9.18 Å². The minimum atomic E-state index is -0.464. The fourth-order valence-corrected chi connectivity index (χ4v) is 1.86. The van der Waals surface area contributed by atoms with E-state index >= 15 is 0 Å². The predicted molar refractivity (Wildman–Crippen MR) is 60.9 cm³/mol. The zero-order valence-corrected chi connectivity index (χ0v) is 9.52. The molecular formula is C13H15FO3. The molecule has 0 spiro atoms. The Morgan fingerprint density at radius 1 is 1.41 bits per heavy atom. The molecule has 1 fully saturated rings. The molecule has 0 radical (unpaired) electrons. The molecule has 0 amide bonds. The minimum absolute atomic E-state index is 0.0756. The first kappa shape index (κ1) is 12.0. The smallest absolute Gasteiger partial charge is 0.150 e. The van der Waals surface area contributed by atoms with Gasteiger partial charge in [0, 0.05) is 18.2 Å². The van der Waals surface area contributed by atoms with Crippen LogP contribution in [0.5, 0.6) is 5.75 Å². The molecular weight excluding hydrogens is 223 g/mol. The Kier molecular flexibility index (Phi) is 4.09. The fourth-order valence-electron chi connectivity index (χ4n) is 1.86. The van der Waals surface area contributed by atoms with Gasteiger partial charge in [-0.25, -0.2) is 4.39 Å². The van der Waals surface area contributed by atoms with Crippen molar-refractivity contribution in [3.05, 3.63) is 29.6 Å². The van der Waals surface area contributed by atoms with Gasteiger partial charge in [-0.2, -0.15) is 0 Å². The summed E-state index contributed by atoms with van der Waals surface area (Å²) in [5, 5.41) is 0. The Bertz CT molecular complexity index is 386. The van der Waals surface area contributed by atoms with Crippen molar-refractivity contribution in [1.29, 1.82) is 0 Å². The summed E-state index contributed by atoms with van der Waals surface area (Å²) in [5.41, 5.74) is 0.282. The third-order valence-corrected chi connectivity index (χ3v) is 2.74. The number of benzene rings is 1. The lowest BCUT2D eigenvalue weighted by molar-refractivity contribution is -0.0111. The van der Waals surface area contributed by atoms with Crippen LogP contribution in [0.25, 0.3) is 0 Å². The lowest BCUT2D eigenvalue weighted by Crippen LogP contribution is -2.25. The van der Waals surface area contributed by atoms with Crippen molar-refractivity contribution in [2.45, 2.75) is 25.4 Å². The molecule has 4 heteroatoms. The van der Waals surface area contributed by atoms with Gasteiger partial charge in [0.25, 0.3) is 0 Å². The summed E-state index contributed by atoms with van der Waals surface area (Å²) < 4.78 is 24.1. The number of ether oxygens (including phenoxy) is 2. The first-order valence-corrected chi connectivity index (χ1v) is 5.78. The molecule has 1 aliphatic heterocycles. The van der Waals surface area contributed by atoms with E-state index in [1.165, 1.54) is 18.2 Å². The summed E-state index contributed by atoms with van der Waals surface area (Å²) in [6, 6.07) is 3.98. The van der Waals surface area contributed by atoms with Crippen LogP contribution in [-0.4, -0.2) is 25.6 Å². The van der Waals surface area contributed by atoms with Crippen molar-refractivity contribution in [1.82, 2.24) is 0 Å². The molecule has 0 saturated carbocycles. The minimum Gasteiger partial charge on any atom is -0.491 e. The van der Waals surface area contributed by atoms with Gasteiger partial charge in [-0.15, -0.1) is 0 Å². The maximum absolute atomic E-state index is 13.1. The predicted octanol–water partition coefficient (Wildman–Crippen LogP) is 2.59. The second-order valence-electron chi connectivity index (χ2n) is 4.14. The van der Waals surface area contributed by atoms with E-state index < -0.39 is 5.82 Å². The van der Waals surface area contributed by atoms with Crippen LogP contribution in [0.2, 0.25) is 0 Å². The summed E-state index contributed by atoms with van der Waals surface area (Å²) in [6.07, 6.45) is 3.87. The van der Waals surface area contributed by atoms with Crippen molar-refractivity contribution in [3.8, 4) is 5.75 Å². The summed E-state index contributed by atoms with van der Waals surface area (Å²) >= 11 is 0. The zero-order chi connectivity index (χ0) is 12.1. The number of rotatable bonds is 4. The Labute approximate surface area is 99.5 Å². The number of carbonyl (C=O) groups excluding carboxylic acids is 1. The van der Waals surface area contributed by atoms with Gasteiger partial charge in [0.1, 0.15) is 24.5 Å². The highest BCUT2D eigenvalue weighted by Gasteiger charge is 2.14. The Hall–Kier alpha value is -1.42. The van der Waals surface area contributed by atoms with Crippen LogP contribution in [0.4, 0.5) is 4.39 Å². The van der Waals surface area contributed by atoms with E-state index in [4.69, 9.17) is 9.47 Å². The van der Waals surface area contributed by atoms with Crippen LogP contribution in [0.3, 0.4) is 0 Å². The first-order chi connectivity index (χ1) is 8.28. The molecule has 3 nitrogen and oxygen atoms in total. The molecule has 1 atom stereocenters. The molecule has 0 aliphatic carbocycles. The van der Waals surface area contributed by atoms with Crippen molar-refractivity contribution in [2.75, 3.05) is 13.2 Å². The number of hydrogen-bond acceptors (Lipinski definition) is 3. The van der Waals surface area contributed by atoms with E-state index in [1.807, 2.05) is 0 Å². The molecule has 17 heavy (non-hydrogen) atoms. The number of hydrogen-bond donors (Lipinski definition) is 0. The zero-order valence-electron chi connectivity index (χ0n) is 9.52. The molecule has 1 unspecified atom stereocenters. The van der Waals surface area contributed by atoms with Gasteiger partial charge in [0.15, 0.2) is 0 Å². The molecule has 2 rings (SSSR count). The van der Waals surface area contributed by atoms with Crippen LogP contribution in [-0.2, 0) is 4.74 Å². The Morgan fingerprint density at radius 2 is 2.29 bits per heavy atom. The highest BCUT2D eigenvalue weighted by molar-refractivity contribution is 5.75. The highest BCUT2D eigenvalue weighted by Crippen LogP contribution is 2.18. The summed E-state index contributed by atoms with van der Waals surface area (Å²) in [4.78, 5) is 10.6. The van der Waals surface area contributed by atoms with Gasteiger partial charge in [-0.05, 0) is 31.4 Å². The topological polar surface area (TPSA) is 35.5 Å². The van der Waals surface area contributed by atoms with Gasteiger partial charge >= 0.3 is 0 Å². The second-order valence-corrected chi connectivity index (χ2v) is 4.14. The number of halogens is 1. The van der Waals surface area contributed by atoms with Gasteiger partial charge < -0.3 is 9.47 Å². The fraction of sp³-hybridized carbons (Fsp3) is 0.462. The molecule has 1 aromatic carbocycles. The summed E-state index contributed by atoms with van der Waals surface area (Å²) in [6.45, 7) is 1.17. The van der Waals surface area contributed by atoms with E-state index in [1.54, 1.807) is 0 Å². The van der Waals surface area contributed by atoms with E-state index in [0.717, 1.165) is 25.9 Å². The normalized spacial score (nSPS) is 19.9. The van der Waals surface area contributed by atoms with Gasteiger partial charge in [0.05, 0.1) is 6.10 Å². The largest absolute Gasteiger partial charge is 0.491 e. The maximum Gasteiger partial charge on any atom is 0.150 e. The van der Waals surface area contributed by atoms with Gasteiger partial charge in [0.2, 0.25) is 0 Å². The summed E-state index contributed by atoms with van der Waals surface area (Å²) in [7, 11) is 0. The van der Waals surface area contributed by atoms with Crippen molar-refractivity contribution in [3.63, 3.8) is 0 Å². The Morgan fingerprint density at radius 3 is 3.00 bits per heavy atom. The average Bonchev–Trinajstić information content (AvgIpc) is 2.37. The molecule has 1 aliphatic rings. The average molecular weight is 238 g/mol. The third kappa shape index (κ3) is 3.53. The quantitative estimate of drug-likeness (QED) is 0.756. The van der Waals surface area contributed by atoms with Crippen LogP contribution in [0.1, 0.15) is 29.6 Å². The molecule has 1 heterocycles. The number of carbonyl (C=O) groups is 1. The molecule has 92 valence electrons. The van der Waals surface area contributed by atoms with Crippen molar-refractivity contribution in [2.24, 2.45) is 0 Å². The lowest BCUT2D eigenvalue weighted by Gasteiger charge is -2.22. The van der Waals surface area contributed by atoms with E-state index in [-0.39, 0.29) is 11.7 Å².